The number of ketones is 1. The number of rotatable bonds is 7. The molecule has 110 valence electrons. The molecule has 0 aliphatic carbocycles. The van der Waals surface area contributed by atoms with E-state index in [9.17, 15) is 14.4 Å². The van der Waals surface area contributed by atoms with E-state index in [1.165, 1.54) is 0 Å². The molecule has 1 N–H and O–H groups in total. The number of hydrogen-bond acceptors (Lipinski definition) is 4. The van der Waals surface area contributed by atoms with Crippen LogP contribution in [0.5, 0.6) is 0 Å². The molecule has 0 atom stereocenters. The molecule has 1 rings (SSSR count). The van der Waals surface area contributed by atoms with Crippen LogP contribution in [0.2, 0.25) is 5.02 Å². The van der Waals surface area contributed by atoms with Crippen LogP contribution >= 0.6 is 11.6 Å². The van der Waals surface area contributed by atoms with Crippen LogP contribution in [0.25, 0.3) is 0 Å². The van der Waals surface area contributed by atoms with Gasteiger partial charge in [0.1, 0.15) is 0 Å². The fraction of sp³-hybridized carbons (Fsp3) is 0.267. The third kappa shape index (κ3) is 6.59. The van der Waals surface area contributed by atoms with Crippen molar-refractivity contribution in [3.8, 4) is 12.3 Å². The molecular formula is C15H14ClNO4. The van der Waals surface area contributed by atoms with Crippen molar-refractivity contribution in [2.45, 2.75) is 12.8 Å². The Morgan fingerprint density at radius 2 is 1.86 bits per heavy atom. The Balaban J connectivity index is 2.30. The first-order valence-corrected chi connectivity index (χ1v) is 6.55. The summed E-state index contributed by atoms with van der Waals surface area (Å²) < 4.78 is 4.71. The van der Waals surface area contributed by atoms with E-state index in [4.69, 9.17) is 22.8 Å². The van der Waals surface area contributed by atoms with E-state index >= 15 is 0 Å². The van der Waals surface area contributed by atoms with Gasteiger partial charge in [-0.15, -0.1) is 6.42 Å². The summed E-state index contributed by atoms with van der Waals surface area (Å²) >= 11 is 5.72. The Kier molecular flexibility index (Phi) is 6.99. The van der Waals surface area contributed by atoms with Crippen LogP contribution in [0.3, 0.4) is 0 Å². The average molecular weight is 308 g/mol. The number of benzene rings is 1. The number of amides is 1. The van der Waals surface area contributed by atoms with Crippen molar-refractivity contribution in [1.29, 1.82) is 0 Å². The molecule has 21 heavy (non-hydrogen) atoms. The molecule has 1 amide bonds. The molecule has 0 unspecified atom stereocenters. The molecule has 0 bridgehead atoms. The first kappa shape index (κ1) is 16.7. The SMILES string of the molecule is C#CCNC(=O)COC(=O)CCC(=O)c1ccc(Cl)cc1. The van der Waals surface area contributed by atoms with Crippen LogP contribution < -0.4 is 5.32 Å². The van der Waals surface area contributed by atoms with E-state index < -0.39 is 18.5 Å². The van der Waals surface area contributed by atoms with Gasteiger partial charge in [-0.25, -0.2) is 0 Å². The molecule has 0 aliphatic rings. The zero-order valence-corrected chi connectivity index (χ0v) is 12.0. The number of hydrogen-bond donors (Lipinski definition) is 1. The maximum Gasteiger partial charge on any atom is 0.306 e. The smallest absolute Gasteiger partial charge is 0.306 e. The largest absolute Gasteiger partial charge is 0.456 e. The quantitative estimate of drug-likeness (QED) is 0.472. The van der Waals surface area contributed by atoms with Gasteiger partial charge in [-0.05, 0) is 24.3 Å². The second kappa shape index (κ2) is 8.77. The maximum absolute atomic E-state index is 11.8. The highest BCUT2D eigenvalue weighted by Gasteiger charge is 2.11. The predicted molar refractivity (Wildman–Crippen MR) is 77.8 cm³/mol. The summed E-state index contributed by atoms with van der Waals surface area (Å²) in [5.41, 5.74) is 0.471. The summed E-state index contributed by atoms with van der Waals surface area (Å²) in [5.74, 6) is 0.929. The van der Waals surface area contributed by atoms with Crippen LogP contribution in [0.4, 0.5) is 0 Å². The monoisotopic (exact) mass is 307 g/mol. The number of ether oxygens (including phenoxy) is 1. The van der Waals surface area contributed by atoms with Crippen LogP contribution in [0.15, 0.2) is 24.3 Å². The van der Waals surface area contributed by atoms with Crippen molar-refractivity contribution in [3.63, 3.8) is 0 Å². The van der Waals surface area contributed by atoms with Crippen molar-refractivity contribution in [2.24, 2.45) is 0 Å². The van der Waals surface area contributed by atoms with E-state index in [-0.39, 0.29) is 25.2 Å². The standard InChI is InChI=1S/C15H14ClNO4/c1-2-9-17-14(19)10-21-15(20)8-7-13(18)11-3-5-12(16)6-4-11/h1,3-6H,7-10H2,(H,17,19). The Labute approximate surface area is 127 Å². The van der Waals surface area contributed by atoms with Gasteiger partial charge in [0, 0.05) is 17.0 Å². The van der Waals surface area contributed by atoms with Crippen LogP contribution in [-0.2, 0) is 14.3 Å². The minimum atomic E-state index is -0.617. The van der Waals surface area contributed by atoms with Crippen LogP contribution in [0, 0.1) is 12.3 Å². The highest BCUT2D eigenvalue weighted by Crippen LogP contribution is 2.12. The first-order chi connectivity index (χ1) is 10.0. The Morgan fingerprint density at radius 3 is 2.48 bits per heavy atom. The summed E-state index contributed by atoms with van der Waals surface area (Å²) in [7, 11) is 0. The minimum absolute atomic E-state index is 0.00639. The van der Waals surface area contributed by atoms with Gasteiger partial charge in [0.2, 0.25) is 0 Å². The van der Waals surface area contributed by atoms with Crippen LogP contribution in [-0.4, -0.2) is 30.8 Å². The fourth-order valence-corrected chi connectivity index (χ4v) is 1.54. The van der Waals surface area contributed by atoms with Gasteiger partial charge in [0.25, 0.3) is 5.91 Å². The maximum atomic E-state index is 11.8. The molecule has 0 radical (unpaired) electrons. The number of carbonyl (C=O) groups excluding carboxylic acids is 3. The molecular weight excluding hydrogens is 294 g/mol. The van der Waals surface area contributed by atoms with E-state index in [2.05, 4.69) is 11.2 Å². The molecule has 1 aromatic carbocycles. The zero-order chi connectivity index (χ0) is 15.7. The van der Waals surface area contributed by atoms with Crippen molar-refractivity contribution < 1.29 is 19.1 Å². The van der Waals surface area contributed by atoms with E-state index in [1.807, 2.05) is 0 Å². The summed E-state index contributed by atoms with van der Waals surface area (Å²) in [4.78, 5) is 34.3. The Morgan fingerprint density at radius 1 is 1.19 bits per heavy atom. The normalized spacial score (nSPS) is 9.52. The second-order valence-electron chi connectivity index (χ2n) is 4.07. The van der Waals surface area contributed by atoms with Gasteiger partial charge >= 0.3 is 5.97 Å². The third-order valence-electron chi connectivity index (χ3n) is 2.47. The lowest BCUT2D eigenvalue weighted by Crippen LogP contribution is -2.29. The van der Waals surface area contributed by atoms with Crippen molar-refractivity contribution in [2.75, 3.05) is 13.2 Å². The molecule has 0 heterocycles. The van der Waals surface area contributed by atoms with Crippen molar-refractivity contribution in [1.82, 2.24) is 5.32 Å². The molecule has 5 nitrogen and oxygen atoms in total. The third-order valence-corrected chi connectivity index (χ3v) is 2.73. The molecule has 0 aromatic heterocycles. The number of carbonyl (C=O) groups is 3. The molecule has 0 aliphatic heterocycles. The van der Waals surface area contributed by atoms with Crippen molar-refractivity contribution >= 4 is 29.3 Å². The topological polar surface area (TPSA) is 72.5 Å². The van der Waals surface area contributed by atoms with E-state index in [0.717, 1.165) is 0 Å². The molecule has 0 saturated carbocycles. The molecule has 0 saturated heterocycles. The molecule has 1 aromatic rings. The number of esters is 1. The van der Waals surface area contributed by atoms with Gasteiger partial charge in [-0.1, -0.05) is 17.5 Å². The Hall–Kier alpha value is -2.32. The molecule has 0 fully saturated rings. The fourth-order valence-electron chi connectivity index (χ4n) is 1.41. The first-order valence-electron chi connectivity index (χ1n) is 6.17. The minimum Gasteiger partial charge on any atom is -0.456 e. The van der Waals surface area contributed by atoms with Crippen molar-refractivity contribution in [3.05, 3.63) is 34.9 Å². The number of halogens is 1. The number of Topliss-reactive ketones (excluding diaryl/α,β-unsaturated/α-hetero) is 1. The number of nitrogens with one attached hydrogen (secondary N) is 1. The summed E-state index contributed by atoms with van der Waals surface area (Å²) in [6.07, 6.45) is 4.87. The summed E-state index contributed by atoms with van der Waals surface area (Å²) in [6.45, 7) is -0.332. The van der Waals surface area contributed by atoms with Crippen LogP contribution in [0.1, 0.15) is 23.2 Å². The summed E-state index contributed by atoms with van der Waals surface area (Å²) in [6, 6.07) is 6.37. The Bertz CT molecular complexity index is 560. The highest BCUT2D eigenvalue weighted by molar-refractivity contribution is 6.30. The average Bonchev–Trinajstić information content (AvgIpc) is 2.49. The lowest BCUT2D eigenvalue weighted by Gasteiger charge is -2.04. The number of terminal acetylenes is 1. The lowest BCUT2D eigenvalue weighted by atomic mass is 10.1. The predicted octanol–water partition coefficient (Wildman–Crippen LogP) is 1.60. The van der Waals surface area contributed by atoms with Gasteiger partial charge in [0.05, 0.1) is 13.0 Å². The zero-order valence-electron chi connectivity index (χ0n) is 11.2. The lowest BCUT2D eigenvalue weighted by molar-refractivity contribution is -0.148. The van der Waals surface area contributed by atoms with E-state index in [0.29, 0.717) is 10.6 Å². The van der Waals surface area contributed by atoms with Gasteiger partial charge in [0.15, 0.2) is 12.4 Å². The van der Waals surface area contributed by atoms with Gasteiger partial charge < -0.3 is 10.1 Å². The van der Waals surface area contributed by atoms with Gasteiger partial charge in [-0.3, -0.25) is 14.4 Å². The highest BCUT2D eigenvalue weighted by atomic mass is 35.5. The second-order valence-corrected chi connectivity index (χ2v) is 4.51. The van der Waals surface area contributed by atoms with E-state index in [1.54, 1.807) is 24.3 Å². The van der Waals surface area contributed by atoms with Gasteiger partial charge in [-0.2, -0.15) is 0 Å². The molecule has 0 spiro atoms. The molecule has 6 heteroatoms. The summed E-state index contributed by atoms with van der Waals surface area (Å²) in [5, 5.41) is 2.88.